The number of alkyl halides is 1. The molecule has 0 amide bonds. The summed E-state index contributed by atoms with van der Waals surface area (Å²) in [5.41, 5.74) is 1.90. The van der Waals surface area contributed by atoms with Crippen LogP contribution in [0.25, 0.3) is 0 Å². The van der Waals surface area contributed by atoms with Gasteiger partial charge in [-0.2, -0.15) is 0 Å². The van der Waals surface area contributed by atoms with E-state index in [1.807, 2.05) is 18.3 Å². The van der Waals surface area contributed by atoms with Crippen LogP contribution in [0.2, 0.25) is 0 Å². The first-order valence-corrected chi connectivity index (χ1v) is 29.0. The molecule has 0 unspecified atom stereocenters. The van der Waals surface area contributed by atoms with Gasteiger partial charge >= 0.3 is 30.4 Å². The van der Waals surface area contributed by atoms with Crippen LogP contribution in [0.3, 0.4) is 0 Å². The predicted octanol–water partition coefficient (Wildman–Crippen LogP) is 14.6. The van der Waals surface area contributed by atoms with E-state index >= 15 is 0 Å². The lowest BCUT2D eigenvalue weighted by atomic mass is 10.2. The number of hydrogen-bond acceptors (Lipinski definition) is 14. The number of aromatic nitrogens is 2. The van der Waals surface area contributed by atoms with Gasteiger partial charge in [0.05, 0.1) is 48.8 Å². The molecule has 0 bridgehead atoms. The number of halogens is 3. The van der Waals surface area contributed by atoms with Crippen LogP contribution >= 0.6 is 78.2 Å². The van der Waals surface area contributed by atoms with Crippen molar-refractivity contribution in [2.24, 2.45) is 0 Å². The molecule has 14 nitrogen and oxygen atoms in total. The highest BCUT2D eigenvalue weighted by atomic mass is 79.9. The summed E-state index contributed by atoms with van der Waals surface area (Å²) in [6, 6.07) is 3.85. The van der Waals surface area contributed by atoms with Gasteiger partial charge in [-0.15, -0.1) is 0 Å². The van der Waals surface area contributed by atoms with E-state index in [0.717, 1.165) is 14.3 Å². The van der Waals surface area contributed by atoms with Crippen LogP contribution in [0, 0.1) is 0 Å². The standard InChI is InChI=1S/C19H34BrNO6P2.C13H30O6P2.C6H5Br2N/c1-13(2)24-28(22,25-14(3)4)19(10-17-9-18(20)12-21-11-17)29(23,26-15(5)6)27-16(7)8;1-10(2)16-20(14,17-11(3)4)9-21(15,18-12(5)6)19-13(7)8;7-2-5-1-6(8)4-9-3-5/h9,11-16,19H,10H2,1-8H3;10-13H,9H2,1-8H3;1,3-4H,2H2. The molecule has 0 aliphatic rings. The van der Waals surface area contributed by atoms with Crippen LogP contribution in [0.15, 0.2) is 45.9 Å². The first-order chi connectivity index (χ1) is 27.0. The van der Waals surface area contributed by atoms with Crippen molar-refractivity contribution in [2.45, 2.75) is 177 Å². The Morgan fingerprint density at radius 3 is 0.966 bits per heavy atom. The summed E-state index contributed by atoms with van der Waals surface area (Å²) < 4.78 is 100. The molecule has 0 spiro atoms. The van der Waals surface area contributed by atoms with E-state index in [0.29, 0.717) is 5.56 Å². The third kappa shape index (κ3) is 26.0. The van der Waals surface area contributed by atoms with Crippen LogP contribution in [0.1, 0.15) is 122 Å². The highest BCUT2D eigenvalue weighted by Gasteiger charge is 2.53. The SMILES string of the molecule is BrCc1cncc(Br)c1.CC(C)OP(=O)(CP(=O)(OC(C)C)OC(C)C)OC(C)C.CC(C)OP(=O)(OC(C)C)C(Cc1cncc(Br)c1)P(=O)(OC(C)C)OC(C)C. The van der Waals surface area contributed by atoms with E-state index in [-0.39, 0.29) is 36.7 Å². The molecule has 344 valence electrons. The lowest BCUT2D eigenvalue weighted by Crippen LogP contribution is -2.25. The summed E-state index contributed by atoms with van der Waals surface area (Å²) in [5, 5.41) is -0.278. The van der Waals surface area contributed by atoms with Crippen LogP contribution in [0.4, 0.5) is 0 Å². The zero-order chi connectivity index (χ0) is 45.9. The van der Waals surface area contributed by atoms with Gasteiger partial charge in [-0.25, -0.2) is 0 Å². The number of hydrogen-bond donors (Lipinski definition) is 0. The third-order valence-electron chi connectivity index (χ3n) is 6.09. The Morgan fingerprint density at radius 1 is 0.458 bits per heavy atom. The summed E-state index contributed by atoms with van der Waals surface area (Å²) >= 11 is 10.0. The van der Waals surface area contributed by atoms with Crippen molar-refractivity contribution in [3.05, 3.63) is 57.0 Å². The fourth-order valence-electron chi connectivity index (χ4n) is 4.89. The molecule has 0 N–H and O–H groups in total. The lowest BCUT2D eigenvalue weighted by molar-refractivity contribution is 0.122. The van der Waals surface area contributed by atoms with Crippen molar-refractivity contribution < 1.29 is 54.5 Å². The maximum Gasteiger partial charge on any atom is 0.346 e. The van der Waals surface area contributed by atoms with Crippen molar-refractivity contribution in [3.63, 3.8) is 0 Å². The molecule has 0 saturated carbocycles. The lowest BCUT2D eigenvalue weighted by Gasteiger charge is -2.35. The molecule has 0 radical (unpaired) electrons. The Balaban J connectivity index is 0.000000970. The van der Waals surface area contributed by atoms with E-state index in [2.05, 4.69) is 57.8 Å². The molecule has 0 aliphatic carbocycles. The molecule has 21 heteroatoms. The Morgan fingerprint density at radius 2 is 0.729 bits per heavy atom. The largest absolute Gasteiger partial charge is 0.346 e. The summed E-state index contributed by atoms with van der Waals surface area (Å²) in [4.78, 5) is 8.13. The second kappa shape index (κ2) is 28.3. The van der Waals surface area contributed by atoms with Gasteiger partial charge < -0.3 is 36.2 Å². The van der Waals surface area contributed by atoms with Gasteiger partial charge in [-0.1, -0.05) is 15.9 Å². The van der Waals surface area contributed by atoms with Crippen LogP contribution in [0.5, 0.6) is 0 Å². The minimum atomic E-state index is -3.91. The zero-order valence-corrected chi connectivity index (χ0v) is 45.8. The van der Waals surface area contributed by atoms with E-state index in [4.69, 9.17) is 36.2 Å². The Kier molecular flexibility index (Phi) is 28.5. The van der Waals surface area contributed by atoms with Crippen molar-refractivity contribution in [1.82, 2.24) is 9.97 Å². The summed E-state index contributed by atoms with van der Waals surface area (Å²) in [5.74, 6) is -0.382. The topological polar surface area (TPSA) is 168 Å². The van der Waals surface area contributed by atoms with Gasteiger partial charge in [0.25, 0.3) is 0 Å². The van der Waals surface area contributed by atoms with Gasteiger partial charge in [0, 0.05) is 39.1 Å². The molecule has 0 fully saturated rings. The fourth-order valence-corrected chi connectivity index (χ4v) is 17.4. The molecule has 0 aromatic carbocycles. The summed E-state index contributed by atoms with van der Waals surface area (Å²) in [6.45, 7) is 28.0. The maximum atomic E-state index is 14.0. The minimum Gasteiger partial charge on any atom is -0.305 e. The van der Waals surface area contributed by atoms with E-state index in [1.165, 1.54) is 5.56 Å². The first kappa shape index (κ1) is 59.3. The van der Waals surface area contributed by atoms with Gasteiger partial charge in [-0.3, -0.25) is 28.2 Å². The van der Waals surface area contributed by atoms with Gasteiger partial charge in [0.1, 0.15) is 0 Å². The van der Waals surface area contributed by atoms with Crippen molar-refractivity contribution >= 4 is 78.2 Å². The van der Waals surface area contributed by atoms with E-state index < -0.39 is 60.2 Å². The van der Waals surface area contributed by atoms with Crippen molar-refractivity contribution in [1.29, 1.82) is 0 Å². The van der Waals surface area contributed by atoms with Crippen LogP contribution in [-0.4, -0.2) is 70.1 Å². The van der Waals surface area contributed by atoms with Crippen molar-refractivity contribution in [3.8, 4) is 0 Å². The second-order valence-corrected chi connectivity index (χ2v) is 27.0. The minimum absolute atomic E-state index is 0.0971. The summed E-state index contributed by atoms with van der Waals surface area (Å²) in [7, 11) is -15.0. The maximum absolute atomic E-state index is 14.0. The monoisotopic (exact) mass is 1110 g/mol. The zero-order valence-electron chi connectivity index (χ0n) is 37.5. The normalized spacial score (nSPS) is 13.0. The molecule has 2 aromatic heterocycles. The molecule has 2 heterocycles. The molecular formula is C38H69Br3N2O12P4. The molecule has 2 rings (SSSR count). The third-order valence-corrected chi connectivity index (χ3v) is 19.7. The number of pyridine rings is 2. The van der Waals surface area contributed by atoms with Crippen LogP contribution < -0.4 is 0 Å². The van der Waals surface area contributed by atoms with Gasteiger partial charge in [0.2, 0.25) is 0 Å². The summed E-state index contributed by atoms with van der Waals surface area (Å²) in [6.07, 6.45) is 4.06. The quantitative estimate of drug-likeness (QED) is 0.0761. The second-order valence-electron chi connectivity index (χ2n) is 15.5. The van der Waals surface area contributed by atoms with E-state index in [1.54, 1.807) is 129 Å². The Labute approximate surface area is 380 Å². The molecule has 2 aromatic rings. The molecular weight excluding hydrogens is 1040 g/mol. The van der Waals surface area contributed by atoms with Crippen LogP contribution in [-0.2, 0) is 66.2 Å². The highest BCUT2D eigenvalue weighted by Crippen LogP contribution is 2.72. The van der Waals surface area contributed by atoms with E-state index in [9.17, 15) is 18.3 Å². The smallest absolute Gasteiger partial charge is 0.305 e. The van der Waals surface area contributed by atoms with Crippen molar-refractivity contribution in [2.75, 3.05) is 5.90 Å². The fraction of sp³-hybridized carbons (Fsp3) is 0.737. The molecule has 59 heavy (non-hydrogen) atoms. The van der Waals surface area contributed by atoms with Gasteiger partial charge in [0.15, 0.2) is 11.3 Å². The number of rotatable bonds is 23. The molecule has 0 atom stereocenters. The number of nitrogens with zero attached hydrogens (tertiary/aromatic N) is 2. The Hall–Kier alpha value is 0.340. The molecule has 0 aliphatic heterocycles. The predicted molar refractivity (Wildman–Crippen MR) is 249 cm³/mol. The van der Waals surface area contributed by atoms with Gasteiger partial charge in [-0.05, 0) is 172 Å². The first-order valence-electron chi connectivity index (χ1n) is 19.6. The highest BCUT2D eigenvalue weighted by molar-refractivity contribution is 9.10. The Bertz CT molecular complexity index is 1570. The average molecular weight is 1110 g/mol. The average Bonchev–Trinajstić information content (AvgIpc) is 3.00. The molecule has 0 saturated heterocycles.